The molecule has 0 heterocycles. The SMILES string of the molecule is CCOc1ccc(NCC2CCC(O)CC2)cc1. The Kier molecular flexibility index (Phi) is 4.88. The van der Waals surface area contributed by atoms with Crippen LogP contribution in [0.5, 0.6) is 5.75 Å². The standard InChI is InChI=1S/C15H23NO2/c1-2-18-15-9-5-13(6-10-15)16-11-12-3-7-14(17)8-4-12/h5-6,9-10,12,14,16-17H,2-4,7-8,11H2,1H3. The third-order valence-electron chi connectivity index (χ3n) is 3.58. The highest BCUT2D eigenvalue weighted by Gasteiger charge is 2.18. The van der Waals surface area contributed by atoms with Gasteiger partial charge in [0.15, 0.2) is 0 Å². The van der Waals surface area contributed by atoms with E-state index < -0.39 is 0 Å². The third-order valence-corrected chi connectivity index (χ3v) is 3.58. The zero-order chi connectivity index (χ0) is 12.8. The lowest BCUT2D eigenvalue weighted by molar-refractivity contribution is 0.111. The number of benzene rings is 1. The molecule has 0 atom stereocenters. The van der Waals surface area contributed by atoms with Crippen molar-refractivity contribution in [2.24, 2.45) is 5.92 Å². The third kappa shape index (κ3) is 3.91. The molecular formula is C15H23NO2. The highest BCUT2D eigenvalue weighted by molar-refractivity contribution is 5.46. The molecule has 0 radical (unpaired) electrons. The Hall–Kier alpha value is -1.22. The molecule has 0 saturated heterocycles. The first-order chi connectivity index (χ1) is 8.78. The number of hydrogen-bond acceptors (Lipinski definition) is 3. The molecule has 2 rings (SSSR count). The number of hydrogen-bond donors (Lipinski definition) is 2. The zero-order valence-corrected chi connectivity index (χ0v) is 11.1. The van der Waals surface area contributed by atoms with Gasteiger partial charge in [-0.1, -0.05) is 0 Å². The monoisotopic (exact) mass is 249 g/mol. The van der Waals surface area contributed by atoms with Crippen molar-refractivity contribution in [2.75, 3.05) is 18.5 Å². The molecule has 0 bridgehead atoms. The normalized spacial score (nSPS) is 23.7. The fourth-order valence-corrected chi connectivity index (χ4v) is 2.45. The van der Waals surface area contributed by atoms with E-state index in [-0.39, 0.29) is 6.10 Å². The lowest BCUT2D eigenvalue weighted by Gasteiger charge is -2.25. The number of anilines is 1. The first-order valence-corrected chi connectivity index (χ1v) is 6.92. The van der Waals surface area contributed by atoms with Gasteiger partial charge in [0.05, 0.1) is 12.7 Å². The smallest absolute Gasteiger partial charge is 0.119 e. The molecule has 0 spiro atoms. The molecule has 0 aliphatic heterocycles. The summed E-state index contributed by atoms with van der Waals surface area (Å²) in [4.78, 5) is 0. The molecule has 0 amide bonds. The summed E-state index contributed by atoms with van der Waals surface area (Å²) in [6.45, 7) is 3.70. The maximum absolute atomic E-state index is 9.46. The van der Waals surface area contributed by atoms with E-state index in [1.165, 1.54) is 0 Å². The summed E-state index contributed by atoms with van der Waals surface area (Å²) in [5.74, 6) is 1.61. The fraction of sp³-hybridized carbons (Fsp3) is 0.600. The van der Waals surface area contributed by atoms with Crippen LogP contribution in [0.2, 0.25) is 0 Å². The zero-order valence-electron chi connectivity index (χ0n) is 11.1. The van der Waals surface area contributed by atoms with E-state index >= 15 is 0 Å². The molecule has 1 aliphatic carbocycles. The minimum atomic E-state index is -0.0632. The van der Waals surface area contributed by atoms with E-state index in [4.69, 9.17) is 4.74 Å². The minimum Gasteiger partial charge on any atom is -0.494 e. The van der Waals surface area contributed by atoms with E-state index in [9.17, 15) is 5.11 Å². The van der Waals surface area contributed by atoms with Gasteiger partial charge in [-0.2, -0.15) is 0 Å². The molecule has 3 nitrogen and oxygen atoms in total. The van der Waals surface area contributed by atoms with Crippen molar-refractivity contribution in [1.29, 1.82) is 0 Å². The van der Waals surface area contributed by atoms with Gasteiger partial charge in [-0.3, -0.25) is 0 Å². The van der Waals surface area contributed by atoms with Gasteiger partial charge in [0.2, 0.25) is 0 Å². The first-order valence-electron chi connectivity index (χ1n) is 6.92. The van der Waals surface area contributed by atoms with Crippen LogP contribution in [0.25, 0.3) is 0 Å². The molecule has 0 unspecified atom stereocenters. The van der Waals surface area contributed by atoms with Crippen LogP contribution in [0.15, 0.2) is 24.3 Å². The molecule has 100 valence electrons. The highest BCUT2D eigenvalue weighted by atomic mass is 16.5. The summed E-state index contributed by atoms with van der Waals surface area (Å²) < 4.78 is 5.41. The molecular weight excluding hydrogens is 226 g/mol. The van der Waals surface area contributed by atoms with Gasteiger partial charge in [-0.25, -0.2) is 0 Å². The predicted octanol–water partition coefficient (Wildman–Crippen LogP) is 3.05. The van der Waals surface area contributed by atoms with Gasteiger partial charge in [0, 0.05) is 12.2 Å². The molecule has 18 heavy (non-hydrogen) atoms. The van der Waals surface area contributed by atoms with E-state index in [0.29, 0.717) is 12.5 Å². The Labute approximate surface area is 109 Å². The molecule has 3 heteroatoms. The Bertz CT molecular complexity index is 342. The molecule has 0 aromatic heterocycles. The van der Waals surface area contributed by atoms with E-state index in [2.05, 4.69) is 17.4 Å². The molecule has 1 saturated carbocycles. The predicted molar refractivity (Wildman–Crippen MR) is 74.1 cm³/mol. The van der Waals surface area contributed by atoms with Crippen molar-refractivity contribution in [2.45, 2.75) is 38.7 Å². The first kappa shape index (κ1) is 13.2. The molecule has 1 aliphatic rings. The largest absolute Gasteiger partial charge is 0.494 e. The van der Waals surface area contributed by atoms with Crippen LogP contribution in [-0.2, 0) is 0 Å². The Morgan fingerprint density at radius 3 is 2.44 bits per heavy atom. The van der Waals surface area contributed by atoms with Crippen molar-refractivity contribution < 1.29 is 9.84 Å². The average Bonchev–Trinajstić information content (AvgIpc) is 2.40. The van der Waals surface area contributed by atoms with E-state index in [0.717, 1.165) is 43.7 Å². The maximum Gasteiger partial charge on any atom is 0.119 e. The van der Waals surface area contributed by atoms with Crippen LogP contribution < -0.4 is 10.1 Å². The van der Waals surface area contributed by atoms with Crippen LogP contribution in [0.1, 0.15) is 32.6 Å². The summed E-state index contributed by atoms with van der Waals surface area (Å²) in [5.41, 5.74) is 1.14. The number of nitrogens with one attached hydrogen (secondary N) is 1. The van der Waals surface area contributed by atoms with Crippen molar-refractivity contribution >= 4 is 5.69 Å². The van der Waals surface area contributed by atoms with Crippen LogP contribution in [0.4, 0.5) is 5.69 Å². The van der Waals surface area contributed by atoms with E-state index in [1.54, 1.807) is 0 Å². The van der Waals surface area contributed by atoms with E-state index in [1.807, 2.05) is 19.1 Å². The summed E-state index contributed by atoms with van der Waals surface area (Å²) in [6, 6.07) is 8.11. The summed E-state index contributed by atoms with van der Waals surface area (Å²) in [7, 11) is 0. The molecule has 1 aromatic carbocycles. The Morgan fingerprint density at radius 2 is 1.83 bits per heavy atom. The summed E-state index contributed by atoms with van der Waals surface area (Å²) in [6.07, 6.45) is 4.11. The second-order valence-electron chi connectivity index (χ2n) is 5.01. The number of rotatable bonds is 5. The number of ether oxygens (including phenoxy) is 1. The number of aliphatic hydroxyl groups excluding tert-OH is 1. The molecule has 1 aromatic rings. The maximum atomic E-state index is 9.46. The topological polar surface area (TPSA) is 41.5 Å². The Morgan fingerprint density at radius 1 is 1.17 bits per heavy atom. The number of aliphatic hydroxyl groups is 1. The minimum absolute atomic E-state index is 0.0632. The lowest BCUT2D eigenvalue weighted by Crippen LogP contribution is -2.23. The van der Waals surface area contributed by atoms with Gasteiger partial charge in [0.25, 0.3) is 0 Å². The van der Waals surface area contributed by atoms with Gasteiger partial charge in [-0.05, 0) is 62.8 Å². The van der Waals surface area contributed by atoms with Crippen LogP contribution in [0.3, 0.4) is 0 Å². The van der Waals surface area contributed by atoms with Crippen molar-refractivity contribution in [1.82, 2.24) is 0 Å². The second kappa shape index (κ2) is 6.64. The van der Waals surface area contributed by atoms with Gasteiger partial charge >= 0.3 is 0 Å². The van der Waals surface area contributed by atoms with Crippen LogP contribution >= 0.6 is 0 Å². The highest BCUT2D eigenvalue weighted by Crippen LogP contribution is 2.25. The summed E-state index contributed by atoms with van der Waals surface area (Å²) in [5, 5.41) is 12.9. The quantitative estimate of drug-likeness (QED) is 0.842. The molecule has 1 fully saturated rings. The van der Waals surface area contributed by atoms with Crippen molar-refractivity contribution in [3.05, 3.63) is 24.3 Å². The van der Waals surface area contributed by atoms with Crippen LogP contribution in [0, 0.1) is 5.92 Å². The van der Waals surface area contributed by atoms with Gasteiger partial charge < -0.3 is 15.2 Å². The lowest BCUT2D eigenvalue weighted by atomic mass is 9.87. The molecule has 2 N–H and O–H groups in total. The van der Waals surface area contributed by atoms with Crippen LogP contribution in [-0.4, -0.2) is 24.4 Å². The van der Waals surface area contributed by atoms with Crippen molar-refractivity contribution in [3.63, 3.8) is 0 Å². The second-order valence-corrected chi connectivity index (χ2v) is 5.01. The average molecular weight is 249 g/mol. The fourth-order valence-electron chi connectivity index (χ4n) is 2.45. The summed E-state index contributed by atoms with van der Waals surface area (Å²) >= 11 is 0. The Balaban J connectivity index is 1.76. The van der Waals surface area contributed by atoms with Gasteiger partial charge in [-0.15, -0.1) is 0 Å². The van der Waals surface area contributed by atoms with Gasteiger partial charge in [0.1, 0.15) is 5.75 Å². The van der Waals surface area contributed by atoms with Crippen molar-refractivity contribution in [3.8, 4) is 5.75 Å².